The smallest absolute Gasteiger partial charge is 0.338 e. The highest BCUT2D eigenvalue weighted by atomic mass is 32.2. The molecule has 2 aromatic carbocycles. The SMILES string of the molecule is CCOC(=O)c1ccc(NC(=O)CC2SC(=Nc3ccccc3C)NC2=O)cc1. The van der Waals surface area contributed by atoms with Gasteiger partial charge in [0.15, 0.2) is 5.17 Å². The van der Waals surface area contributed by atoms with Gasteiger partial charge in [0.2, 0.25) is 11.8 Å². The highest BCUT2D eigenvalue weighted by Gasteiger charge is 2.32. The Balaban J connectivity index is 1.57. The molecule has 0 bridgehead atoms. The Kier molecular flexibility index (Phi) is 6.66. The Morgan fingerprint density at radius 1 is 1.17 bits per heavy atom. The predicted octanol–water partition coefficient (Wildman–Crippen LogP) is 3.42. The van der Waals surface area contributed by atoms with Crippen LogP contribution < -0.4 is 10.6 Å². The maximum Gasteiger partial charge on any atom is 0.338 e. The second-order valence-electron chi connectivity index (χ2n) is 6.35. The van der Waals surface area contributed by atoms with Gasteiger partial charge in [-0.05, 0) is 49.7 Å². The summed E-state index contributed by atoms with van der Waals surface area (Å²) in [5.41, 5.74) is 2.73. The number of rotatable bonds is 6. The molecule has 7 nitrogen and oxygen atoms in total. The Morgan fingerprint density at radius 3 is 2.59 bits per heavy atom. The van der Waals surface area contributed by atoms with E-state index in [0.29, 0.717) is 23.0 Å². The van der Waals surface area contributed by atoms with Crippen LogP contribution in [0.5, 0.6) is 0 Å². The lowest BCUT2D eigenvalue weighted by atomic mass is 10.2. The molecule has 150 valence electrons. The molecule has 1 fully saturated rings. The van der Waals surface area contributed by atoms with Crippen LogP contribution in [0.2, 0.25) is 0 Å². The number of aryl methyl sites for hydroxylation is 1. The van der Waals surface area contributed by atoms with E-state index in [1.807, 2.05) is 31.2 Å². The number of hydrogen-bond donors (Lipinski definition) is 2. The Bertz CT molecular complexity index is 957. The molecule has 0 aromatic heterocycles. The van der Waals surface area contributed by atoms with Gasteiger partial charge in [0.05, 0.1) is 17.9 Å². The number of para-hydroxylation sites is 1. The van der Waals surface area contributed by atoms with Gasteiger partial charge < -0.3 is 15.4 Å². The first kappa shape index (κ1) is 20.6. The van der Waals surface area contributed by atoms with Crippen molar-refractivity contribution in [2.45, 2.75) is 25.5 Å². The minimum Gasteiger partial charge on any atom is -0.462 e. The van der Waals surface area contributed by atoms with Crippen molar-refractivity contribution >= 4 is 46.1 Å². The van der Waals surface area contributed by atoms with Crippen LogP contribution in [0.1, 0.15) is 29.3 Å². The summed E-state index contributed by atoms with van der Waals surface area (Å²) in [6.45, 7) is 3.98. The molecule has 1 unspecified atom stereocenters. The number of anilines is 1. The molecule has 0 radical (unpaired) electrons. The van der Waals surface area contributed by atoms with Crippen molar-refractivity contribution in [2.75, 3.05) is 11.9 Å². The summed E-state index contributed by atoms with van der Waals surface area (Å²) in [6, 6.07) is 14.0. The van der Waals surface area contributed by atoms with Crippen molar-refractivity contribution in [3.05, 3.63) is 59.7 Å². The number of esters is 1. The molecule has 1 aliphatic rings. The van der Waals surface area contributed by atoms with Crippen LogP contribution >= 0.6 is 11.8 Å². The van der Waals surface area contributed by atoms with Crippen LogP contribution in [-0.2, 0) is 14.3 Å². The average Bonchev–Trinajstić information content (AvgIpc) is 3.03. The molecule has 1 heterocycles. The minimum atomic E-state index is -0.545. The first-order chi connectivity index (χ1) is 14.0. The van der Waals surface area contributed by atoms with E-state index in [9.17, 15) is 14.4 Å². The van der Waals surface area contributed by atoms with Gasteiger partial charge in [-0.3, -0.25) is 9.59 Å². The lowest BCUT2D eigenvalue weighted by Gasteiger charge is -2.08. The van der Waals surface area contributed by atoms with Gasteiger partial charge in [-0.2, -0.15) is 0 Å². The molecule has 2 N–H and O–H groups in total. The van der Waals surface area contributed by atoms with Crippen LogP contribution in [0.15, 0.2) is 53.5 Å². The van der Waals surface area contributed by atoms with Gasteiger partial charge in [-0.15, -0.1) is 0 Å². The summed E-state index contributed by atoms with van der Waals surface area (Å²) >= 11 is 1.24. The number of carbonyl (C=O) groups is 3. The minimum absolute atomic E-state index is 0.0168. The number of amides is 2. The summed E-state index contributed by atoms with van der Waals surface area (Å²) in [5, 5.41) is 5.40. The first-order valence-corrected chi connectivity index (χ1v) is 10.0. The standard InChI is InChI=1S/C21H21N3O4S/c1-3-28-20(27)14-8-10-15(11-9-14)22-18(25)12-17-19(26)24-21(29-17)23-16-7-5-4-6-13(16)2/h4-11,17H,3,12H2,1-2H3,(H,22,25)(H,23,24,26). The molecule has 3 rings (SSSR count). The number of carbonyl (C=O) groups excluding carboxylic acids is 3. The highest BCUT2D eigenvalue weighted by molar-refractivity contribution is 8.15. The van der Waals surface area contributed by atoms with Crippen molar-refractivity contribution in [3.63, 3.8) is 0 Å². The van der Waals surface area contributed by atoms with E-state index in [4.69, 9.17) is 4.74 Å². The second-order valence-corrected chi connectivity index (χ2v) is 7.54. The third-order valence-corrected chi connectivity index (χ3v) is 5.25. The third-order valence-electron chi connectivity index (χ3n) is 4.16. The fraction of sp³-hybridized carbons (Fsp3) is 0.238. The largest absolute Gasteiger partial charge is 0.462 e. The molecule has 8 heteroatoms. The molecule has 2 aromatic rings. The molecule has 1 saturated heterocycles. The maximum atomic E-state index is 12.3. The second kappa shape index (κ2) is 9.38. The molecule has 0 saturated carbocycles. The lowest BCUT2D eigenvalue weighted by Crippen LogP contribution is -2.28. The van der Waals surface area contributed by atoms with E-state index in [2.05, 4.69) is 15.6 Å². The summed E-state index contributed by atoms with van der Waals surface area (Å²) in [4.78, 5) is 40.6. The number of amidine groups is 1. The molecule has 2 amide bonds. The van der Waals surface area contributed by atoms with Gasteiger partial charge >= 0.3 is 5.97 Å². The summed E-state index contributed by atoms with van der Waals surface area (Å²) in [7, 11) is 0. The van der Waals surface area contributed by atoms with Crippen LogP contribution in [0.4, 0.5) is 11.4 Å². The number of nitrogens with one attached hydrogen (secondary N) is 2. The molecule has 0 spiro atoms. The number of thioether (sulfide) groups is 1. The number of hydrogen-bond acceptors (Lipinski definition) is 6. The quantitative estimate of drug-likeness (QED) is 0.710. The number of nitrogens with zero attached hydrogens (tertiary/aromatic N) is 1. The molecule has 29 heavy (non-hydrogen) atoms. The normalized spacial score (nSPS) is 17.1. The molecule has 1 aliphatic heterocycles. The van der Waals surface area contributed by atoms with Gasteiger partial charge in [0, 0.05) is 12.1 Å². The van der Waals surface area contributed by atoms with E-state index in [0.717, 1.165) is 11.3 Å². The Labute approximate surface area is 172 Å². The molecule has 1 atom stereocenters. The zero-order valence-electron chi connectivity index (χ0n) is 16.1. The number of aliphatic imine (C=N–C) groups is 1. The van der Waals surface area contributed by atoms with Gasteiger partial charge in [0.25, 0.3) is 0 Å². The molecular formula is C21H21N3O4S. The Hall–Kier alpha value is -3.13. The third kappa shape index (κ3) is 5.45. The summed E-state index contributed by atoms with van der Waals surface area (Å²) < 4.78 is 4.92. The van der Waals surface area contributed by atoms with Crippen LogP contribution in [-0.4, -0.2) is 34.8 Å². The van der Waals surface area contributed by atoms with E-state index >= 15 is 0 Å². The number of benzene rings is 2. The number of ether oxygens (including phenoxy) is 1. The topological polar surface area (TPSA) is 96.9 Å². The first-order valence-electron chi connectivity index (χ1n) is 9.15. The maximum absolute atomic E-state index is 12.3. The zero-order valence-corrected chi connectivity index (χ0v) is 16.9. The van der Waals surface area contributed by atoms with E-state index in [1.54, 1.807) is 31.2 Å². The summed E-state index contributed by atoms with van der Waals surface area (Å²) in [6.07, 6.45) is 0.0168. The van der Waals surface area contributed by atoms with Crippen LogP contribution in [0.3, 0.4) is 0 Å². The van der Waals surface area contributed by atoms with Gasteiger partial charge in [-0.25, -0.2) is 9.79 Å². The van der Waals surface area contributed by atoms with E-state index < -0.39 is 11.2 Å². The van der Waals surface area contributed by atoms with Gasteiger partial charge in [0.1, 0.15) is 5.25 Å². The van der Waals surface area contributed by atoms with Crippen LogP contribution in [0.25, 0.3) is 0 Å². The lowest BCUT2D eigenvalue weighted by molar-refractivity contribution is -0.122. The van der Waals surface area contributed by atoms with Gasteiger partial charge in [-0.1, -0.05) is 30.0 Å². The summed E-state index contributed by atoms with van der Waals surface area (Å²) in [5.74, 6) is -0.946. The highest BCUT2D eigenvalue weighted by Crippen LogP contribution is 2.27. The van der Waals surface area contributed by atoms with Crippen molar-refractivity contribution in [2.24, 2.45) is 4.99 Å². The molecular weight excluding hydrogens is 390 g/mol. The zero-order chi connectivity index (χ0) is 20.8. The fourth-order valence-electron chi connectivity index (χ4n) is 2.68. The monoisotopic (exact) mass is 411 g/mol. The fourth-order valence-corrected chi connectivity index (χ4v) is 3.66. The van der Waals surface area contributed by atoms with E-state index in [-0.39, 0.29) is 18.2 Å². The predicted molar refractivity (Wildman–Crippen MR) is 113 cm³/mol. The van der Waals surface area contributed by atoms with Crippen molar-refractivity contribution in [1.82, 2.24) is 5.32 Å². The average molecular weight is 411 g/mol. The van der Waals surface area contributed by atoms with Crippen molar-refractivity contribution in [1.29, 1.82) is 0 Å². The van der Waals surface area contributed by atoms with Crippen molar-refractivity contribution < 1.29 is 19.1 Å². The van der Waals surface area contributed by atoms with Crippen molar-refractivity contribution in [3.8, 4) is 0 Å². The van der Waals surface area contributed by atoms with Crippen LogP contribution in [0, 0.1) is 6.92 Å². The molecule has 0 aliphatic carbocycles. The Morgan fingerprint density at radius 2 is 1.90 bits per heavy atom. The van der Waals surface area contributed by atoms with E-state index in [1.165, 1.54) is 11.8 Å².